The first kappa shape index (κ1) is 23.2. The lowest BCUT2D eigenvalue weighted by molar-refractivity contribution is 0.428. The molecule has 0 spiro atoms. The minimum absolute atomic E-state index is 0.00676. The van der Waals surface area contributed by atoms with Crippen LogP contribution in [0, 0.1) is 5.82 Å². The Balaban J connectivity index is 1.63. The number of aromatic nitrogens is 2. The van der Waals surface area contributed by atoms with Crippen molar-refractivity contribution in [1.82, 2.24) is 19.2 Å². The van der Waals surface area contributed by atoms with Crippen molar-refractivity contribution in [2.45, 2.75) is 30.0 Å². The quantitative estimate of drug-likeness (QED) is 0.549. The number of sulfonamides is 1. The molecule has 0 radical (unpaired) electrons. The second-order valence-corrected chi connectivity index (χ2v) is 10.7. The van der Waals surface area contributed by atoms with Crippen LogP contribution in [0.1, 0.15) is 30.0 Å². The van der Waals surface area contributed by atoms with Gasteiger partial charge in [-0.3, -0.25) is 0 Å². The zero-order valence-corrected chi connectivity index (χ0v) is 19.9. The van der Waals surface area contributed by atoms with Crippen LogP contribution in [-0.4, -0.2) is 41.4 Å². The second kappa shape index (κ2) is 9.11. The van der Waals surface area contributed by atoms with Gasteiger partial charge in [-0.05, 0) is 42.3 Å². The smallest absolute Gasteiger partial charge is 0.262 e. The van der Waals surface area contributed by atoms with Gasteiger partial charge in [0.05, 0.1) is 6.33 Å². The Kier molecular flexibility index (Phi) is 6.61. The average molecular weight is 497 g/mol. The SMILES string of the molecule is CC(N[C@H]1CN(S(=O)(=O)c2cn(C)cn2)C[C@@H]1c1ccc(F)cc1)c1ccc(Cl)cc1Cl. The molecule has 4 rings (SSSR count). The largest absolute Gasteiger partial charge is 0.339 e. The summed E-state index contributed by atoms with van der Waals surface area (Å²) in [4.78, 5) is 4.03. The van der Waals surface area contributed by atoms with Gasteiger partial charge in [-0.1, -0.05) is 41.4 Å². The van der Waals surface area contributed by atoms with Gasteiger partial charge in [0.2, 0.25) is 0 Å². The molecule has 10 heteroatoms. The molecular formula is C22H23Cl2FN4O2S. The van der Waals surface area contributed by atoms with Gasteiger partial charge in [0.15, 0.2) is 5.03 Å². The summed E-state index contributed by atoms with van der Waals surface area (Å²) in [5.74, 6) is -0.516. The fourth-order valence-corrected chi connectivity index (χ4v) is 6.13. The Hall–Kier alpha value is -1.97. The maximum atomic E-state index is 13.5. The van der Waals surface area contributed by atoms with Crippen LogP contribution in [0.25, 0.3) is 0 Å². The minimum atomic E-state index is -3.77. The van der Waals surface area contributed by atoms with E-state index >= 15 is 0 Å². The van der Waals surface area contributed by atoms with Crippen molar-refractivity contribution < 1.29 is 12.8 Å². The van der Waals surface area contributed by atoms with E-state index in [-0.39, 0.29) is 41.9 Å². The Morgan fingerprint density at radius 2 is 1.88 bits per heavy atom. The van der Waals surface area contributed by atoms with Crippen molar-refractivity contribution in [2.75, 3.05) is 13.1 Å². The first-order chi connectivity index (χ1) is 15.1. The Morgan fingerprint density at radius 3 is 2.50 bits per heavy atom. The van der Waals surface area contributed by atoms with Gasteiger partial charge in [-0.2, -0.15) is 4.31 Å². The van der Waals surface area contributed by atoms with Gasteiger partial charge in [0.25, 0.3) is 10.0 Å². The van der Waals surface area contributed by atoms with Crippen molar-refractivity contribution >= 4 is 33.2 Å². The number of hydrogen-bond donors (Lipinski definition) is 1. The molecule has 6 nitrogen and oxygen atoms in total. The molecule has 3 aromatic rings. The zero-order chi connectivity index (χ0) is 23.0. The molecule has 0 aliphatic carbocycles. The molecule has 1 N–H and O–H groups in total. The van der Waals surface area contributed by atoms with Gasteiger partial charge in [0, 0.05) is 54.4 Å². The highest BCUT2D eigenvalue weighted by molar-refractivity contribution is 7.89. The summed E-state index contributed by atoms with van der Waals surface area (Å²) in [7, 11) is -2.05. The third-order valence-corrected chi connectivity index (χ3v) is 8.04. The Morgan fingerprint density at radius 1 is 1.16 bits per heavy atom. The Labute approximate surface area is 197 Å². The number of halogens is 3. The van der Waals surface area contributed by atoms with Crippen LogP contribution < -0.4 is 5.32 Å². The molecule has 1 fully saturated rings. The first-order valence-corrected chi connectivity index (χ1v) is 12.3. The van der Waals surface area contributed by atoms with Crippen LogP contribution >= 0.6 is 23.2 Å². The molecule has 32 heavy (non-hydrogen) atoms. The lowest BCUT2D eigenvalue weighted by Crippen LogP contribution is -2.38. The molecule has 0 bridgehead atoms. The fraction of sp³-hybridized carbons (Fsp3) is 0.318. The predicted octanol–water partition coefficient (Wildman–Crippen LogP) is 4.37. The minimum Gasteiger partial charge on any atom is -0.339 e. The van der Waals surface area contributed by atoms with Crippen molar-refractivity contribution in [3.8, 4) is 0 Å². The van der Waals surface area contributed by atoms with E-state index in [1.807, 2.05) is 13.0 Å². The summed E-state index contributed by atoms with van der Waals surface area (Å²) in [6.45, 7) is 2.46. The summed E-state index contributed by atoms with van der Waals surface area (Å²) in [6.07, 6.45) is 2.94. The van der Waals surface area contributed by atoms with E-state index < -0.39 is 10.0 Å². The highest BCUT2D eigenvalue weighted by Gasteiger charge is 2.41. The maximum Gasteiger partial charge on any atom is 0.262 e. The lowest BCUT2D eigenvalue weighted by atomic mass is 9.93. The van der Waals surface area contributed by atoms with Gasteiger partial charge in [-0.15, -0.1) is 0 Å². The van der Waals surface area contributed by atoms with E-state index in [0.29, 0.717) is 10.0 Å². The topological polar surface area (TPSA) is 67.2 Å². The highest BCUT2D eigenvalue weighted by atomic mass is 35.5. The van der Waals surface area contributed by atoms with E-state index in [1.165, 1.54) is 29.0 Å². The molecule has 2 aromatic carbocycles. The third-order valence-electron chi connectivity index (χ3n) is 5.76. The van der Waals surface area contributed by atoms with E-state index in [1.54, 1.807) is 35.9 Å². The van der Waals surface area contributed by atoms with Gasteiger partial charge in [-0.25, -0.2) is 17.8 Å². The van der Waals surface area contributed by atoms with Crippen molar-refractivity contribution in [3.63, 3.8) is 0 Å². The molecule has 0 saturated carbocycles. The molecule has 3 atom stereocenters. The predicted molar refractivity (Wildman–Crippen MR) is 123 cm³/mol. The lowest BCUT2D eigenvalue weighted by Gasteiger charge is -2.25. The Bertz CT molecular complexity index is 1220. The number of aryl methyl sites for hydroxylation is 1. The number of nitrogens with zero attached hydrogens (tertiary/aromatic N) is 3. The summed E-state index contributed by atoms with van der Waals surface area (Å²) in [5.41, 5.74) is 1.72. The standard InChI is InChI=1S/C22H23Cl2FN4O2S/c1-14(18-8-5-16(23)9-20(18)24)27-21-11-29(32(30,31)22-12-28(2)13-26-22)10-19(21)15-3-6-17(25)7-4-15/h3-9,12-14,19,21,27H,10-11H2,1-2H3/t14?,19-,21+/m1/s1. The summed E-state index contributed by atoms with van der Waals surface area (Å²) < 4.78 is 42.9. The van der Waals surface area contributed by atoms with Crippen molar-refractivity contribution in [3.05, 3.63) is 82.0 Å². The van der Waals surface area contributed by atoms with E-state index in [4.69, 9.17) is 23.2 Å². The molecule has 2 heterocycles. The van der Waals surface area contributed by atoms with Crippen LogP contribution in [-0.2, 0) is 17.1 Å². The van der Waals surface area contributed by atoms with E-state index in [2.05, 4.69) is 10.3 Å². The van der Waals surface area contributed by atoms with Crippen molar-refractivity contribution in [2.24, 2.45) is 7.05 Å². The van der Waals surface area contributed by atoms with Crippen LogP contribution in [0.15, 0.2) is 60.0 Å². The summed E-state index contributed by atoms with van der Waals surface area (Å²) in [6, 6.07) is 11.1. The number of hydrogen-bond acceptors (Lipinski definition) is 4. The fourth-order valence-electron chi connectivity index (χ4n) is 4.10. The van der Waals surface area contributed by atoms with E-state index in [9.17, 15) is 12.8 Å². The van der Waals surface area contributed by atoms with Crippen LogP contribution in [0.4, 0.5) is 4.39 Å². The van der Waals surface area contributed by atoms with Crippen LogP contribution in [0.2, 0.25) is 10.0 Å². The van der Waals surface area contributed by atoms with Gasteiger partial charge < -0.3 is 9.88 Å². The van der Waals surface area contributed by atoms with Crippen molar-refractivity contribution in [1.29, 1.82) is 0 Å². The monoisotopic (exact) mass is 496 g/mol. The average Bonchev–Trinajstić information content (AvgIpc) is 3.36. The third kappa shape index (κ3) is 4.70. The number of imidazole rings is 1. The van der Waals surface area contributed by atoms with Gasteiger partial charge in [0.1, 0.15) is 5.82 Å². The van der Waals surface area contributed by atoms with E-state index in [0.717, 1.165) is 11.1 Å². The molecule has 1 aromatic heterocycles. The molecule has 1 saturated heterocycles. The number of rotatable bonds is 6. The molecular weight excluding hydrogens is 474 g/mol. The summed E-state index contributed by atoms with van der Waals surface area (Å²) >= 11 is 12.4. The zero-order valence-electron chi connectivity index (χ0n) is 17.5. The normalized spacial score (nSPS) is 20.5. The van der Waals surface area contributed by atoms with Crippen LogP contribution in [0.3, 0.4) is 0 Å². The maximum absolute atomic E-state index is 13.5. The molecule has 1 unspecified atom stereocenters. The number of benzene rings is 2. The van der Waals surface area contributed by atoms with Crippen LogP contribution in [0.5, 0.6) is 0 Å². The summed E-state index contributed by atoms with van der Waals surface area (Å²) in [5, 5.41) is 4.61. The molecule has 170 valence electrons. The second-order valence-electron chi connectivity index (χ2n) is 8.02. The molecule has 0 amide bonds. The highest BCUT2D eigenvalue weighted by Crippen LogP contribution is 2.34. The molecule has 1 aliphatic rings. The number of nitrogens with one attached hydrogen (secondary N) is 1. The van der Waals surface area contributed by atoms with Gasteiger partial charge >= 0.3 is 0 Å². The molecule has 1 aliphatic heterocycles. The first-order valence-electron chi connectivity index (χ1n) is 10.1.